The highest BCUT2D eigenvalue weighted by atomic mass is 35.5. The van der Waals surface area contributed by atoms with Gasteiger partial charge in [0, 0.05) is 28.6 Å². The van der Waals surface area contributed by atoms with Gasteiger partial charge in [-0.25, -0.2) is 0 Å². The summed E-state index contributed by atoms with van der Waals surface area (Å²) >= 11 is 12.0. The van der Waals surface area contributed by atoms with Crippen molar-refractivity contribution in [1.29, 1.82) is 0 Å². The van der Waals surface area contributed by atoms with E-state index in [0.717, 1.165) is 6.54 Å². The molecule has 0 aliphatic carbocycles. The minimum atomic E-state index is 0.0128. The number of nitrogens with one attached hydrogen (secondary N) is 1. The summed E-state index contributed by atoms with van der Waals surface area (Å²) in [6, 6.07) is 5.25. The van der Waals surface area contributed by atoms with E-state index in [1.165, 1.54) is 0 Å². The molecule has 0 amide bonds. The Morgan fingerprint density at radius 1 is 1.11 bits per heavy atom. The molecule has 0 atom stereocenters. The first-order valence-corrected chi connectivity index (χ1v) is 7.18. The summed E-state index contributed by atoms with van der Waals surface area (Å²) in [5.74, 6) is 0.637. The van der Waals surface area contributed by atoms with Gasteiger partial charge in [-0.3, -0.25) is 0 Å². The van der Waals surface area contributed by atoms with Gasteiger partial charge < -0.3 is 10.1 Å². The summed E-state index contributed by atoms with van der Waals surface area (Å²) in [4.78, 5) is 0. The Hall–Kier alpha value is -0.440. The van der Waals surface area contributed by atoms with Crippen molar-refractivity contribution in [3.8, 4) is 5.75 Å². The Bertz CT molecular complexity index is 425. The van der Waals surface area contributed by atoms with Crippen molar-refractivity contribution in [2.24, 2.45) is 5.41 Å². The largest absolute Gasteiger partial charge is 0.491 e. The molecule has 0 fully saturated rings. The zero-order chi connectivity index (χ0) is 14.7. The predicted molar refractivity (Wildman–Crippen MR) is 83.5 cm³/mol. The molecule has 19 heavy (non-hydrogen) atoms. The van der Waals surface area contributed by atoms with Crippen molar-refractivity contribution >= 4 is 23.2 Å². The van der Waals surface area contributed by atoms with Gasteiger partial charge in [-0.2, -0.15) is 0 Å². The first-order chi connectivity index (χ1) is 8.59. The minimum absolute atomic E-state index is 0.0128. The lowest BCUT2D eigenvalue weighted by Gasteiger charge is -2.30. The van der Waals surface area contributed by atoms with Crippen LogP contribution in [0.2, 0.25) is 10.0 Å². The highest BCUT2D eigenvalue weighted by Gasteiger charge is 2.22. The van der Waals surface area contributed by atoms with Crippen molar-refractivity contribution in [2.75, 3.05) is 13.2 Å². The van der Waals surface area contributed by atoms with Crippen LogP contribution in [0.5, 0.6) is 5.75 Å². The van der Waals surface area contributed by atoms with Crippen LogP contribution < -0.4 is 10.1 Å². The first kappa shape index (κ1) is 16.6. The van der Waals surface area contributed by atoms with Gasteiger partial charge in [0.25, 0.3) is 0 Å². The molecule has 0 bridgehead atoms. The van der Waals surface area contributed by atoms with E-state index >= 15 is 0 Å². The first-order valence-electron chi connectivity index (χ1n) is 6.42. The fraction of sp³-hybridized carbons (Fsp3) is 0.600. The normalized spacial score (nSPS) is 12.6. The number of hydrogen-bond acceptors (Lipinski definition) is 2. The Labute approximate surface area is 126 Å². The highest BCUT2D eigenvalue weighted by Crippen LogP contribution is 2.29. The molecular formula is C15H23Cl2NO. The van der Waals surface area contributed by atoms with Gasteiger partial charge in [0.1, 0.15) is 5.75 Å². The third-order valence-corrected chi connectivity index (χ3v) is 3.16. The fourth-order valence-corrected chi connectivity index (χ4v) is 1.75. The fourth-order valence-electron chi connectivity index (χ4n) is 1.42. The van der Waals surface area contributed by atoms with Crippen molar-refractivity contribution in [3.63, 3.8) is 0 Å². The molecule has 0 aliphatic rings. The zero-order valence-electron chi connectivity index (χ0n) is 12.3. The second-order valence-electron chi connectivity index (χ2n) is 6.63. The van der Waals surface area contributed by atoms with Crippen LogP contribution in [-0.2, 0) is 0 Å². The molecule has 0 saturated heterocycles. The Balaban J connectivity index is 2.57. The Morgan fingerprint density at radius 3 is 2.32 bits per heavy atom. The number of hydrogen-bond donors (Lipinski definition) is 1. The van der Waals surface area contributed by atoms with Crippen LogP contribution in [0.25, 0.3) is 0 Å². The van der Waals surface area contributed by atoms with Gasteiger partial charge in [-0.15, -0.1) is 0 Å². The third-order valence-electron chi connectivity index (χ3n) is 2.61. The van der Waals surface area contributed by atoms with E-state index in [4.69, 9.17) is 27.9 Å². The van der Waals surface area contributed by atoms with E-state index < -0.39 is 0 Å². The molecule has 0 aromatic heterocycles. The third kappa shape index (κ3) is 6.51. The van der Waals surface area contributed by atoms with Crippen LogP contribution in [0.3, 0.4) is 0 Å². The lowest BCUT2D eigenvalue weighted by atomic mass is 9.93. The molecule has 0 aliphatic heterocycles. The maximum atomic E-state index is 6.08. The monoisotopic (exact) mass is 303 g/mol. The molecule has 4 heteroatoms. The maximum absolute atomic E-state index is 6.08. The Kier molecular flexibility index (Phi) is 5.54. The van der Waals surface area contributed by atoms with Gasteiger partial charge >= 0.3 is 0 Å². The summed E-state index contributed by atoms with van der Waals surface area (Å²) < 4.78 is 5.79. The van der Waals surface area contributed by atoms with Crippen molar-refractivity contribution in [3.05, 3.63) is 28.2 Å². The van der Waals surface area contributed by atoms with Crippen LogP contribution in [0, 0.1) is 5.41 Å². The van der Waals surface area contributed by atoms with Gasteiger partial charge in [0.05, 0.1) is 11.6 Å². The van der Waals surface area contributed by atoms with Crippen LogP contribution in [0.4, 0.5) is 0 Å². The zero-order valence-corrected chi connectivity index (χ0v) is 13.8. The number of ether oxygens (including phenoxy) is 1. The summed E-state index contributed by atoms with van der Waals surface area (Å²) in [5.41, 5.74) is 0.115. The molecule has 1 aromatic rings. The van der Waals surface area contributed by atoms with E-state index in [1.54, 1.807) is 18.2 Å². The molecule has 108 valence electrons. The lowest BCUT2D eigenvalue weighted by molar-refractivity contribution is 0.166. The molecule has 2 nitrogen and oxygen atoms in total. The molecule has 1 N–H and O–H groups in total. The van der Waals surface area contributed by atoms with Crippen LogP contribution in [0.1, 0.15) is 34.6 Å². The quantitative estimate of drug-likeness (QED) is 0.844. The van der Waals surface area contributed by atoms with E-state index in [0.29, 0.717) is 22.4 Å². The number of rotatable bonds is 5. The predicted octanol–water partition coefficient (Wildman–Crippen LogP) is 4.79. The summed E-state index contributed by atoms with van der Waals surface area (Å²) in [5, 5.41) is 4.70. The van der Waals surface area contributed by atoms with Crippen molar-refractivity contribution < 1.29 is 4.74 Å². The smallest absolute Gasteiger partial charge is 0.139 e. The molecule has 1 rings (SSSR count). The average molecular weight is 304 g/mol. The maximum Gasteiger partial charge on any atom is 0.139 e. The summed E-state index contributed by atoms with van der Waals surface area (Å²) in [6.45, 7) is 12.2. The standard InChI is InChI=1S/C15H23Cl2NO/c1-14(2,3)18-9-15(4,5)10-19-13-8-11(16)6-7-12(13)17/h6-8,18H,9-10H2,1-5H3. The van der Waals surface area contributed by atoms with Crippen LogP contribution >= 0.6 is 23.2 Å². The molecular weight excluding hydrogens is 281 g/mol. The molecule has 1 aromatic carbocycles. The molecule has 0 radical (unpaired) electrons. The van der Waals surface area contributed by atoms with Crippen LogP contribution in [-0.4, -0.2) is 18.7 Å². The molecule has 0 saturated carbocycles. The van der Waals surface area contributed by atoms with E-state index in [1.807, 2.05) is 0 Å². The second kappa shape index (κ2) is 6.34. The summed E-state index contributed by atoms with van der Waals surface area (Å²) in [6.07, 6.45) is 0. The van der Waals surface area contributed by atoms with E-state index in [2.05, 4.69) is 39.9 Å². The van der Waals surface area contributed by atoms with Gasteiger partial charge in [0.2, 0.25) is 0 Å². The number of benzene rings is 1. The van der Waals surface area contributed by atoms with Crippen molar-refractivity contribution in [1.82, 2.24) is 5.32 Å². The van der Waals surface area contributed by atoms with Gasteiger partial charge in [-0.1, -0.05) is 37.0 Å². The summed E-state index contributed by atoms with van der Waals surface area (Å²) in [7, 11) is 0. The lowest BCUT2D eigenvalue weighted by Crippen LogP contribution is -2.43. The molecule has 0 heterocycles. The van der Waals surface area contributed by atoms with Crippen LogP contribution in [0.15, 0.2) is 18.2 Å². The van der Waals surface area contributed by atoms with E-state index in [-0.39, 0.29) is 11.0 Å². The average Bonchev–Trinajstić information content (AvgIpc) is 2.27. The molecule has 0 unspecified atom stereocenters. The second-order valence-corrected chi connectivity index (χ2v) is 7.47. The van der Waals surface area contributed by atoms with Gasteiger partial charge in [-0.05, 0) is 32.9 Å². The van der Waals surface area contributed by atoms with Gasteiger partial charge in [0.15, 0.2) is 0 Å². The SMILES string of the molecule is CC(C)(CNC(C)(C)C)COc1cc(Cl)ccc1Cl. The highest BCUT2D eigenvalue weighted by molar-refractivity contribution is 6.34. The van der Waals surface area contributed by atoms with Crippen molar-refractivity contribution in [2.45, 2.75) is 40.2 Å². The Morgan fingerprint density at radius 2 is 1.74 bits per heavy atom. The van der Waals surface area contributed by atoms with E-state index in [9.17, 15) is 0 Å². The number of halogens is 2. The molecule has 0 spiro atoms. The minimum Gasteiger partial charge on any atom is -0.491 e. The topological polar surface area (TPSA) is 21.3 Å².